The zero-order valence-electron chi connectivity index (χ0n) is 13.3. The number of carbonyl (C=O) groups excluding carboxylic acids is 1. The number of nitrogens with one attached hydrogen (secondary N) is 1. The summed E-state index contributed by atoms with van der Waals surface area (Å²) in [5.41, 5.74) is 2.98. The molecule has 2 rings (SSSR count). The summed E-state index contributed by atoms with van der Waals surface area (Å²) in [6.07, 6.45) is 0. The fraction of sp³-hybridized carbons (Fsp3) is 0.267. The van der Waals surface area contributed by atoms with Gasteiger partial charge in [0.25, 0.3) is 5.69 Å². The molecule has 0 saturated heterocycles. The molecule has 9 heteroatoms. The van der Waals surface area contributed by atoms with E-state index in [1.807, 2.05) is 20.8 Å². The van der Waals surface area contributed by atoms with Gasteiger partial charge in [-0.1, -0.05) is 23.4 Å². The number of nitro groups is 1. The van der Waals surface area contributed by atoms with E-state index in [1.54, 1.807) is 0 Å². The molecule has 24 heavy (non-hydrogen) atoms. The van der Waals surface area contributed by atoms with Crippen molar-refractivity contribution < 1.29 is 9.72 Å². The van der Waals surface area contributed by atoms with Crippen molar-refractivity contribution in [1.82, 2.24) is 9.97 Å². The lowest BCUT2D eigenvalue weighted by atomic mass is 10.2. The van der Waals surface area contributed by atoms with E-state index in [0.717, 1.165) is 17.0 Å². The highest BCUT2D eigenvalue weighted by molar-refractivity contribution is 7.99. The fourth-order valence-electron chi connectivity index (χ4n) is 1.84. The van der Waals surface area contributed by atoms with Crippen molar-refractivity contribution in [2.24, 2.45) is 0 Å². The van der Waals surface area contributed by atoms with Crippen LogP contribution in [0.25, 0.3) is 0 Å². The third kappa shape index (κ3) is 4.42. The first-order chi connectivity index (χ1) is 11.3. The Bertz CT molecular complexity index is 790. The summed E-state index contributed by atoms with van der Waals surface area (Å²) in [6.45, 7) is 5.73. The number of aryl methyl sites for hydroxylation is 2. The topological polar surface area (TPSA) is 98.0 Å². The third-order valence-corrected chi connectivity index (χ3v) is 4.54. The number of nitro benzene ring substituents is 1. The van der Waals surface area contributed by atoms with Crippen LogP contribution in [0, 0.1) is 30.9 Å². The lowest BCUT2D eigenvalue weighted by molar-refractivity contribution is -0.384. The molecule has 1 aromatic carbocycles. The molecule has 0 atom stereocenters. The fourth-order valence-corrected chi connectivity index (χ4v) is 2.80. The summed E-state index contributed by atoms with van der Waals surface area (Å²) in [7, 11) is 0. The van der Waals surface area contributed by atoms with Crippen LogP contribution in [0.1, 0.15) is 17.0 Å². The second-order valence-corrected chi connectivity index (χ2v) is 6.41. The molecule has 126 valence electrons. The van der Waals surface area contributed by atoms with Crippen LogP contribution in [0.15, 0.2) is 23.4 Å². The molecule has 0 unspecified atom stereocenters. The van der Waals surface area contributed by atoms with Gasteiger partial charge in [-0.3, -0.25) is 14.9 Å². The van der Waals surface area contributed by atoms with Crippen LogP contribution in [0.4, 0.5) is 11.4 Å². The van der Waals surface area contributed by atoms with Gasteiger partial charge in [0, 0.05) is 23.5 Å². The molecule has 0 spiro atoms. The van der Waals surface area contributed by atoms with Crippen molar-refractivity contribution in [2.45, 2.75) is 25.9 Å². The molecular formula is C15H15ClN4O3S. The number of halogens is 1. The Hall–Kier alpha value is -2.19. The van der Waals surface area contributed by atoms with Crippen molar-refractivity contribution in [3.63, 3.8) is 0 Å². The Balaban J connectivity index is 2.00. The van der Waals surface area contributed by atoms with E-state index in [-0.39, 0.29) is 22.4 Å². The van der Waals surface area contributed by atoms with Crippen molar-refractivity contribution in [1.29, 1.82) is 0 Å². The number of rotatable bonds is 5. The van der Waals surface area contributed by atoms with Gasteiger partial charge in [-0.05, 0) is 32.4 Å². The number of hydrogen-bond acceptors (Lipinski definition) is 6. The van der Waals surface area contributed by atoms with Gasteiger partial charge >= 0.3 is 0 Å². The van der Waals surface area contributed by atoms with Crippen LogP contribution in [-0.4, -0.2) is 26.6 Å². The highest BCUT2D eigenvalue weighted by atomic mass is 35.5. The molecule has 0 fully saturated rings. The second-order valence-electron chi connectivity index (χ2n) is 5.06. The summed E-state index contributed by atoms with van der Waals surface area (Å²) in [4.78, 5) is 30.8. The lowest BCUT2D eigenvalue weighted by Gasteiger charge is -2.08. The molecule has 0 aliphatic heterocycles. The Morgan fingerprint density at radius 3 is 2.46 bits per heavy atom. The van der Waals surface area contributed by atoms with Gasteiger partial charge < -0.3 is 5.32 Å². The van der Waals surface area contributed by atoms with Gasteiger partial charge in [0.15, 0.2) is 5.16 Å². The molecule has 7 nitrogen and oxygen atoms in total. The first-order valence-corrected chi connectivity index (χ1v) is 8.32. The summed E-state index contributed by atoms with van der Waals surface area (Å²) >= 11 is 7.16. The molecule has 2 aromatic rings. The minimum absolute atomic E-state index is 0.106. The minimum atomic E-state index is -0.549. The Morgan fingerprint density at radius 2 is 1.92 bits per heavy atom. The number of non-ortho nitro benzene ring substituents is 1. The average molecular weight is 367 g/mol. The van der Waals surface area contributed by atoms with Gasteiger partial charge in [0.1, 0.15) is 0 Å². The minimum Gasteiger partial charge on any atom is -0.324 e. The van der Waals surface area contributed by atoms with Crippen LogP contribution in [-0.2, 0) is 4.79 Å². The van der Waals surface area contributed by atoms with Crippen LogP contribution in [0.2, 0.25) is 5.02 Å². The first-order valence-electron chi connectivity index (χ1n) is 6.96. The molecule has 1 aromatic heterocycles. The van der Waals surface area contributed by atoms with Crippen LogP contribution >= 0.6 is 23.4 Å². The summed E-state index contributed by atoms with van der Waals surface area (Å²) in [5, 5.41) is 13.9. The Labute approximate surface area is 148 Å². The quantitative estimate of drug-likeness (QED) is 0.375. The van der Waals surface area contributed by atoms with Crippen molar-refractivity contribution in [3.8, 4) is 0 Å². The number of carbonyl (C=O) groups is 1. The largest absolute Gasteiger partial charge is 0.324 e. The van der Waals surface area contributed by atoms with Crippen molar-refractivity contribution >= 4 is 40.6 Å². The van der Waals surface area contributed by atoms with Gasteiger partial charge in [-0.2, -0.15) is 0 Å². The summed E-state index contributed by atoms with van der Waals surface area (Å²) in [6, 6.07) is 3.88. The molecule has 0 aliphatic rings. The lowest BCUT2D eigenvalue weighted by Crippen LogP contribution is -2.15. The van der Waals surface area contributed by atoms with E-state index < -0.39 is 4.92 Å². The van der Waals surface area contributed by atoms with Crippen LogP contribution in [0.3, 0.4) is 0 Å². The molecular weight excluding hydrogens is 352 g/mol. The molecule has 1 N–H and O–H groups in total. The zero-order chi connectivity index (χ0) is 17.9. The summed E-state index contributed by atoms with van der Waals surface area (Å²) < 4.78 is 0. The number of anilines is 1. The van der Waals surface area contributed by atoms with E-state index in [2.05, 4.69) is 15.3 Å². The van der Waals surface area contributed by atoms with E-state index in [1.165, 1.54) is 30.0 Å². The first kappa shape index (κ1) is 18.2. The number of thioether (sulfide) groups is 1. The van der Waals surface area contributed by atoms with Crippen LogP contribution in [0.5, 0.6) is 0 Å². The van der Waals surface area contributed by atoms with E-state index in [0.29, 0.717) is 10.8 Å². The Kier molecular flexibility index (Phi) is 5.74. The maximum absolute atomic E-state index is 12.0. The van der Waals surface area contributed by atoms with Crippen molar-refractivity contribution in [3.05, 3.63) is 50.3 Å². The zero-order valence-corrected chi connectivity index (χ0v) is 14.9. The number of amides is 1. The molecule has 1 heterocycles. The normalized spacial score (nSPS) is 10.5. The van der Waals surface area contributed by atoms with E-state index in [4.69, 9.17) is 11.6 Å². The van der Waals surface area contributed by atoms with Gasteiger partial charge in [-0.15, -0.1) is 0 Å². The maximum atomic E-state index is 12.0. The number of benzene rings is 1. The SMILES string of the molecule is Cc1nc(SCC(=O)Nc2ccc([N+](=O)[O-])cc2Cl)nc(C)c1C. The predicted octanol–water partition coefficient (Wildman–Crippen LogP) is 3.69. The smallest absolute Gasteiger partial charge is 0.271 e. The number of hydrogen-bond donors (Lipinski definition) is 1. The third-order valence-electron chi connectivity index (χ3n) is 3.38. The number of nitrogens with zero attached hydrogens (tertiary/aromatic N) is 3. The maximum Gasteiger partial charge on any atom is 0.271 e. The highest BCUT2D eigenvalue weighted by Crippen LogP contribution is 2.27. The molecule has 0 radical (unpaired) electrons. The number of aromatic nitrogens is 2. The van der Waals surface area contributed by atoms with Gasteiger partial charge in [-0.25, -0.2) is 9.97 Å². The predicted molar refractivity (Wildman–Crippen MR) is 93.7 cm³/mol. The molecule has 1 amide bonds. The van der Waals surface area contributed by atoms with Gasteiger partial charge in [0.05, 0.1) is 21.4 Å². The second kappa shape index (κ2) is 7.59. The van der Waals surface area contributed by atoms with E-state index in [9.17, 15) is 14.9 Å². The molecule has 0 saturated carbocycles. The summed E-state index contributed by atoms with van der Waals surface area (Å²) in [5.74, 6) is -0.190. The molecule has 0 bridgehead atoms. The highest BCUT2D eigenvalue weighted by Gasteiger charge is 2.13. The standard InChI is InChI=1S/C15H15ClN4O3S/c1-8-9(2)17-15(18-10(8)3)24-7-14(21)19-13-5-4-11(20(22)23)6-12(13)16/h4-6H,7H2,1-3H3,(H,19,21). The average Bonchev–Trinajstić information content (AvgIpc) is 2.52. The van der Waals surface area contributed by atoms with E-state index >= 15 is 0 Å². The van der Waals surface area contributed by atoms with Crippen LogP contribution < -0.4 is 5.32 Å². The Morgan fingerprint density at radius 1 is 1.29 bits per heavy atom. The van der Waals surface area contributed by atoms with Gasteiger partial charge in [0.2, 0.25) is 5.91 Å². The monoisotopic (exact) mass is 366 g/mol. The van der Waals surface area contributed by atoms with Crippen molar-refractivity contribution in [2.75, 3.05) is 11.1 Å². The molecule has 0 aliphatic carbocycles.